The first-order valence-corrected chi connectivity index (χ1v) is 8.44. The van der Waals surface area contributed by atoms with E-state index in [-0.39, 0.29) is 23.5 Å². The van der Waals surface area contributed by atoms with E-state index in [1.807, 2.05) is 12.1 Å². The first-order chi connectivity index (χ1) is 11.1. The molecule has 0 spiro atoms. The second-order valence-electron chi connectivity index (χ2n) is 8.49. The molecule has 1 heterocycles. The first-order valence-electron chi connectivity index (χ1n) is 8.44. The molecule has 1 aliphatic heterocycles. The summed E-state index contributed by atoms with van der Waals surface area (Å²) < 4.78 is 0. The highest BCUT2D eigenvalue weighted by Crippen LogP contribution is 2.41. The summed E-state index contributed by atoms with van der Waals surface area (Å²) in [7, 11) is 0. The van der Waals surface area contributed by atoms with Gasteiger partial charge in [0.25, 0.3) is 0 Å². The van der Waals surface area contributed by atoms with E-state index in [1.54, 1.807) is 0 Å². The number of aliphatic hydroxyl groups is 1. The van der Waals surface area contributed by atoms with Crippen molar-refractivity contribution < 1.29 is 9.94 Å². The second-order valence-corrected chi connectivity index (χ2v) is 8.49. The lowest BCUT2D eigenvalue weighted by Crippen LogP contribution is -2.19. The molecule has 24 heavy (non-hydrogen) atoms. The number of oxime groups is 1. The van der Waals surface area contributed by atoms with Gasteiger partial charge in [-0.25, -0.2) is 0 Å². The average Bonchev–Trinajstić information content (AvgIpc) is 2.93. The zero-order valence-corrected chi connectivity index (χ0v) is 15.5. The molecule has 132 valence electrons. The van der Waals surface area contributed by atoms with Gasteiger partial charge in [0.05, 0.1) is 5.71 Å². The Hall–Kier alpha value is -1.75. The van der Waals surface area contributed by atoms with Crippen LogP contribution in [0.15, 0.2) is 22.5 Å². The molecule has 5 heteroatoms. The van der Waals surface area contributed by atoms with Gasteiger partial charge in [0.15, 0.2) is 0 Å². The monoisotopic (exact) mass is 332 g/mol. The Morgan fingerprint density at radius 3 is 2.12 bits per heavy atom. The maximum Gasteiger partial charge on any atom is 0.135 e. The summed E-state index contributed by atoms with van der Waals surface area (Å²) in [5.74, 6) is 0. The molecule has 0 fully saturated rings. The molecule has 1 aliphatic rings. The quantitative estimate of drug-likeness (QED) is 0.822. The van der Waals surface area contributed by atoms with Crippen molar-refractivity contribution in [3.8, 4) is 0 Å². The Balaban J connectivity index is 2.57. The molecule has 0 aliphatic carbocycles. The molecule has 0 saturated carbocycles. The van der Waals surface area contributed by atoms with Crippen LogP contribution in [-0.4, -0.2) is 23.5 Å². The van der Waals surface area contributed by atoms with Crippen LogP contribution in [0.1, 0.15) is 71.1 Å². The number of nitrogens with zero attached hydrogens (tertiary/aromatic N) is 2. The van der Waals surface area contributed by atoms with E-state index in [1.165, 1.54) is 0 Å². The Labute approximate surface area is 144 Å². The lowest BCUT2D eigenvalue weighted by Gasteiger charge is -2.28. The van der Waals surface area contributed by atoms with Gasteiger partial charge in [-0.1, -0.05) is 46.7 Å². The molecule has 5 nitrogen and oxygen atoms in total. The number of nitroso groups, excluding NO2 is 1. The third kappa shape index (κ3) is 3.83. The van der Waals surface area contributed by atoms with Gasteiger partial charge in [-0.15, -0.1) is 4.91 Å². The molecule has 1 aromatic rings. The van der Waals surface area contributed by atoms with Gasteiger partial charge in [-0.05, 0) is 39.3 Å². The van der Waals surface area contributed by atoms with Crippen molar-refractivity contribution in [3.63, 3.8) is 0 Å². The predicted molar refractivity (Wildman–Crippen MR) is 97.0 cm³/mol. The van der Waals surface area contributed by atoms with Crippen LogP contribution in [0, 0.1) is 4.91 Å². The molecule has 1 aromatic carbocycles. The van der Waals surface area contributed by atoms with Crippen molar-refractivity contribution in [2.75, 3.05) is 6.61 Å². The van der Waals surface area contributed by atoms with E-state index in [2.05, 4.69) is 51.9 Å². The zero-order valence-electron chi connectivity index (χ0n) is 15.5. The van der Waals surface area contributed by atoms with Crippen LogP contribution in [-0.2, 0) is 15.7 Å². The molecule has 1 atom stereocenters. The minimum Gasteiger partial charge on any atom is -0.396 e. The van der Waals surface area contributed by atoms with Gasteiger partial charge in [-0.3, -0.25) is 0 Å². The van der Waals surface area contributed by atoms with Crippen LogP contribution in [0.4, 0.5) is 5.69 Å². The third-order valence-electron chi connectivity index (χ3n) is 4.33. The maximum absolute atomic E-state index is 11.6. The Morgan fingerprint density at radius 1 is 1.17 bits per heavy atom. The molecule has 0 unspecified atom stereocenters. The lowest BCUT2D eigenvalue weighted by molar-refractivity contribution is 0.0645. The number of hydrogen-bond donors (Lipinski definition) is 1. The largest absolute Gasteiger partial charge is 0.396 e. The molecule has 2 rings (SSSR count). The molecule has 1 N–H and O–H groups in total. The van der Waals surface area contributed by atoms with Crippen molar-refractivity contribution in [2.45, 2.75) is 71.3 Å². The van der Waals surface area contributed by atoms with Crippen LogP contribution in [0.2, 0.25) is 0 Å². The average molecular weight is 332 g/mol. The van der Waals surface area contributed by atoms with E-state index in [0.717, 1.165) is 22.4 Å². The van der Waals surface area contributed by atoms with Crippen LogP contribution < -0.4 is 0 Å². The van der Waals surface area contributed by atoms with Crippen LogP contribution >= 0.6 is 0 Å². The molecule has 0 aromatic heterocycles. The van der Waals surface area contributed by atoms with Crippen LogP contribution in [0.25, 0.3) is 0 Å². The van der Waals surface area contributed by atoms with Gasteiger partial charge < -0.3 is 9.94 Å². The fourth-order valence-electron chi connectivity index (χ4n) is 2.94. The topological polar surface area (TPSA) is 71.2 Å². The summed E-state index contributed by atoms with van der Waals surface area (Å²) in [6, 6.07) is 4.02. The van der Waals surface area contributed by atoms with Crippen LogP contribution in [0.3, 0.4) is 0 Å². The second kappa shape index (κ2) is 6.63. The van der Waals surface area contributed by atoms with E-state index in [4.69, 9.17) is 9.94 Å². The molecule has 0 bridgehead atoms. The summed E-state index contributed by atoms with van der Waals surface area (Å²) in [5, 5.41) is 16.6. The standard InChI is InChI=1S/C19H28N2O3/c1-18(2,3)14-9-12(16-11-13(7-8-22)24-21-16)10-15(17(14)20-23)19(4,5)6/h9-10,13,22H,7-8,11H2,1-6H3/t13-/m1/s1. The van der Waals surface area contributed by atoms with Crippen molar-refractivity contribution in [2.24, 2.45) is 10.3 Å². The predicted octanol–water partition coefficient (Wildman–Crippen LogP) is 4.55. The third-order valence-corrected chi connectivity index (χ3v) is 4.33. The number of hydrogen-bond acceptors (Lipinski definition) is 5. The number of benzene rings is 1. The zero-order chi connectivity index (χ0) is 18.1. The smallest absolute Gasteiger partial charge is 0.135 e. The lowest BCUT2D eigenvalue weighted by atomic mass is 9.77. The number of aliphatic hydroxyl groups excluding tert-OH is 1. The highest BCUT2D eigenvalue weighted by Gasteiger charge is 2.30. The van der Waals surface area contributed by atoms with Gasteiger partial charge in [-0.2, -0.15) is 0 Å². The molecule has 0 saturated heterocycles. The van der Waals surface area contributed by atoms with E-state index in [0.29, 0.717) is 18.5 Å². The summed E-state index contributed by atoms with van der Waals surface area (Å²) in [5.41, 5.74) is 3.80. The van der Waals surface area contributed by atoms with Gasteiger partial charge in [0.2, 0.25) is 0 Å². The van der Waals surface area contributed by atoms with Crippen molar-refractivity contribution in [1.82, 2.24) is 0 Å². The van der Waals surface area contributed by atoms with E-state index in [9.17, 15) is 4.91 Å². The van der Waals surface area contributed by atoms with Gasteiger partial charge in [0.1, 0.15) is 11.8 Å². The Bertz CT molecular complexity index is 617. The SMILES string of the molecule is CC(C)(C)c1cc(C2=NO[C@H](CCO)C2)cc(C(C)(C)C)c1N=O. The number of rotatable bonds is 4. The fraction of sp³-hybridized carbons (Fsp3) is 0.632. The fourth-order valence-corrected chi connectivity index (χ4v) is 2.94. The summed E-state index contributed by atoms with van der Waals surface area (Å²) in [6.45, 7) is 12.6. The maximum atomic E-state index is 11.6. The van der Waals surface area contributed by atoms with Crippen molar-refractivity contribution >= 4 is 11.4 Å². The summed E-state index contributed by atoms with van der Waals surface area (Å²) in [6.07, 6.45) is 1.16. The van der Waals surface area contributed by atoms with Gasteiger partial charge in [0, 0.05) is 25.0 Å². The van der Waals surface area contributed by atoms with Crippen LogP contribution in [0.5, 0.6) is 0 Å². The Morgan fingerprint density at radius 2 is 1.71 bits per heavy atom. The van der Waals surface area contributed by atoms with Crippen molar-refractivity contribution in [1.29, 1.82) is 0 Å². The molecular weight excluding hydrogens is 304 g/mol. The minimum atomic E-state index is -0.205. The van der Waals surface area contributed by atoms with E-state index < -0.39 is 0 Å². The minimum absolute atomic E-state index is 0.0787. The molecule has 0 radical (unpaired) electrons. The van der Waals surface area contributed by atoms with Gasteiger partial charge >= 0.3 is 0 Å². The van der Waals surface area contributed by atoms with E-state index >= 15 is 0 Å². The summed E-state index contributed by atoms with van der Waals surface area (Å²) in [4.78, 5) is 17.0. The first kappa shape index (κ1) is 18.6. The molecule has 0 amide bonds. The highest BCUT2D eigenvalue weighted by atomic mass is 16.6. The molecular formula is C19H28N2O3. The normalized spacial score (nSPS) is 18.3. The highest BCUT2D eigenvalue weighted by molar-refractivity contribution is 6.02. The van der Waals surface area contributed by atoms with Crippen molar-refractivity contribution in [3.05, 3.63) is 33.7 Å². The summed E-state index contributed by atoms with van der Waals surface area (Å²) >= 11 is 0. The Kier molecular flexibility index (Phi) is 5.14.